The number of nitrogens with one attached hydrogen (secondary N) is 1. The number of epoxide rings is 2. The zero-order valence-corrected chi connectivity index (χ0v) is 14.0. The summed E-state index contributed by atoms with van der Waals surface area (Å²) in [5.41, 5.74) is 4.81. The number of carbonyl (C=O) groups is 2. The van der Waals surface area contributed by atoms with Crippen LogP contribution in [0.15, 0.2) is 0 Å². The Morgan fingerprint density at radius 2 is 1.67 bits per heavy atom. The SMILES string of the molecule is C(OCC1CO1)C1CO1.CCC(Br)(CC)C(=O)NC(N)=O. The van der Waals surface area contributed by atoms with Gasteiger partial charge < -0.3 is 19.9 Å². The third-order valence-corrected chi connectivity index (χ3v) is 4.66. The molecule has 21 heavy (non-hydrogen) atoms. The van der Waals surface area contributed by atoms with Crippen LogP contribution in [0.3, 0.4) is 0 Å². The van der Waals surface area contributed by atoms with E-state index in [9.17, 15) is 9.59 Å². The van der Waals surface area contributed by atoms with Crippen LogP contribution in [0, 0.1) is 0 Å². The summed E-state index contributed by atoms with van der Waals surface area (Å²) in [4.78, 5) is 21.6. The Kier molecular flexibility index (Phi) is 7.58. The van der Waals surface area contributed by atoms with Gasteiger partial charge in [0.1, 0.15) is 16.5 Å². The fourth-order valence-corrected chi connectivity index (χ4v) is 1.55. The topological polar surface area (TPSA) is 106 Å². The van der Waals surface area contributed by atoms with Gasteiger partial charge in [-0.25, -0.2) is 4.79 Å². The second-order valence-electron chi connectivity index (χ2n) is 4.94. The molecule has 0 aromatic heterocycles. The molecule has 0 saturated carbocycles. The number of ether oxygens (including phenoxy) is 3. The van der Waals surface area contributed by atoms with Gasteiger partial charge in [0.05, 0.1) is 26.4 Å². The Morgan fingerprint density at radius 1 is 1.24 bits per heavy atom. The Morgan fingerprint density at radius 3 is 1.95 bits per heavy atom. The van der Waals surface area contributed by atoms with Gasteiger partial charge in [0.15, 0.2) is 0 Å². The summed E-state index contributed by atoms with van der Waals surface area (Å²) < 4.78 is 14.5. The Labute approximate surface area is 133 Å². The average Bonchev–Trinajstić information content (AvgIpc) is 3.32. The lowest BCUT2D eigenvalue weighted by Gasteiger charge is -2.21. The minimum atomic E-state index is -0.814. The highest BCUT2D eigenvalue weighted by Gasteiger charge is 2.32. The Balaban J connectivity index is 0.000000216. The summed E-state index contributed by atoms with van der Waals surface area (Å²) in [5, 5.41) is 2.04. The average molecular weight is 367 g/mol. The molecule has 2 saturated heterocycles. The van der Waals surface area contributed by atoms with Crippen LogP contribution in [0.4, 0.5) is 4.79 Å². The van der Waals surface area contributed by atoms with E-state index in [1.165, 1.54) is 0 Å². The molecule has 0 aliphatic carbocycles. The first-order valence-corrected chi connectivity index (χ1v) is 7.81. The molecular weight excluding hydrogens is 344 g/mol. The summed E-state index contributed by atoms with van der Waals surface area (Å²) in [6.07, 6.45) is 2.01. The van der Waals surface area contributed by atoms with Gasteiger partial charge in [-0.1, -0.05) is 29.8 Å². The van der Waals surface area contributed by atoms with Crippen LogP contribution in [0.25, 0.3) is 0 Å². The summed E-state index contributed by atoms with van der Waals surface area (Å²) in [7, 11) is 0. The maximum absolute atomic E-state index is 11.3. The summed E-state index contributed by atoms with van der Waals surface area (Å²) >= 11 is 3.26. The molecule has 2 atom stereocenters. The van der Waals surface area contributed by atoms with Crippen LogP contribution >= 0.6 is 15.9 Å². The van der Waals surface area contributed by atoms with Crippen LogP contribution in [0.2, 0.25) is 0 Å². The molecule has 0 spiro atoms. The van der Waals surface area contributed by atoms with Crippen LogP contribution < -0.4 is 11.1 Å². The van der Waals surface area contributed by atoms with Crippen LogP contribution in [-0.2, 0) is 19.0 Å². The van der Waals surface area contributed by atoms with Crippen LogP contribution in [-0.4, -0.2) is 54.9 Å². The van der Waals surface area contributed by atoms with Crippen molar-refractivity contribution in [3.63, 3.8) is 0 Å². The van der Waals surface area contributed by atoms with Crippen molar-refractivity contribution >= 4 is 27.9 Å². The first kappa shape index (κ1) is 18.3. The van der Waals surface area contributed by atoms with Gasteiger partial charge in [-0.05, 0) is 12.8 Å². The molecule has 3 amide bonds. The van der Waals surface area contributed by atoms with Crippen molar-refractivity contribution in [3.8, 4) is 0 Å². The van der Waals surface area contributed by atoms with Crippen molar-refractivity contribution in [2.75, 3.05) is 26.4 Å². The van der Waals surface area contributed by atoms with E-state index in [2.05, 4.69) is 15.9 Å². The number of hydrogen-bond donors (Lipinski definition) is 2. The van der Waals surface area contributed by atoms with Gasteiger partial charge >= 0.3 is 6.03 Å². The van der Waals surface area contributed by atoms with Crippen molar-refractivity contribution in [1.29, 1.82) is 0 Å². The number of alkyl halides is 1. The first-order valence-electron chi connectivity index (χ1n) is 7.02. The molecule has 0 bridgehead atoms. The number of nitrogens with two attached hydrogens (primary N) is 1. The molecule has 2 aliphatic rings. The fourth-order valence-electron chi connectivity index (χ4n) is 1.45. The van der Waals surface area contributed by atoms with Crippen LogP contribution in [0.1, 0.15) is 26.7 Å². The molecule has 0 aromatic rings. The highest BCUT2D eigenvalue weighted by molar-refractivity contribution is 9.10. The third kappa shape index (κ3) is 7.75. The van der Waals surface area contributed by atoms with Crippen molar-refractivity contribution in [1.82, 2.24) is 5.32 Å². The molecule has 2 heterocycles. The molecule has 2 aliphatic heterocycles. The molecule has 0 aromatic carbocycles. The zero-order valence-electron chi connectivity index (χ0n) is 12.4. The van der Waals surface area contributed by atoms with Gasteiger partial charge in [0, 0.05) is 0 Å². The minimum Gasteiger partial charge on any atom is -0.376 e. The Bertz CT molecular complexity index is 342. The van der Waals surface area contributed by atoms with Gasteiger partial charge in [0.2, 0.25) is 5.91 Å². The molecule has 0 radical (unpaired) electrons. The number of rotatable bonds is 7. The highest BCUT2D eigenvalue weighted by atomic mass is 79.9. The highest BCUT2D eigenvalue weighted by Crippen LogP contribution is 2.26. The number of urea groups is 1. The van der Waals surface area contributed by atoms with Crippen molar-refractivity contribution < 1.29 is 23.8 Å². The molecule has 2 rings (SSSR count). The maximum Gasteiger partial charge on any atom is 0.318 e. The molecule has 8 heteroatoms. The number of carbonyl (C=O) groups excluding carboxylic acids is 2. The quantitative estimate of drug-likeness (QED) is 0.514. The molecular formula is C13H23BrN2O5. The smallest absolute Gasteiger partial charge is 0.318 e. The lowest BCUT2D eigenvalue weighted by molar-refractivity contribution is -0.122. The number of imide groups is 1. The van der Waals surface area contributed by atoms with E-state index in [0.717, 1.165) is 26.4 Å². The van der Waals surface area contributed by atoms with Crippen molar-refractivity contribution in [2.45, 2.75) is 43.2 Å². The second kappa shape index (κ2) is 8.67. The molecule has 2 unspecified atom stereocenters. The van der Waals surface area contributed by atoms with Gasteiger partial charge in [-0.2, -0.15) is 0 Å². The van der Waals surface area contributed by atoms with Gasteiger partial charge in [0.25, 0.3) is 0 Å². The van der Waals surface area contributed by atoms with Gasteiger partial charge in [-0.15, -0.1) is 0 Å². The minimum absolute atomic E-state index is 0.375. The lowest BCUT2D eigenvalue weighted by atomic mass is 10.0. The van der Waals surface area contributed by atoms with E-state index in [1.54, 1.807) is 0 Å². The zero-order chi connectivity index (χ0) is 15.9. The fraction of sp³-hybridized carbons (Fsp3) is 0.846. The predicted molar refractivity (Wildman–Crippen MR) is 80.3 cm³/mol. The maximum atomic E-state index is 11.3. The molecule has 3 N–H and O–H groups in total. The van der Waals surface area contributed by atoms with Gasteiger partial charge in [-0.3, -0.25) is 10.1 Å². The number of primary amides is 1. The standard InChI is InChI=1S/C7H13BrN2O2.C6H10O3/c1-3-7(8,4-2)5(11)10-6(9)12;1(5-3-8-5)7-2-6-4-9-6/h3-4H2,1-2H3,(H3,9,10,11,12);5-6H,1-4H2. The van der Waals surface area contributed by atoms with Crippen LogP contribution in [0.5, 0.6) is 0 Å². The molecule has 7 nitrogen and oxygen atoms in total. The predicted octanol–water partition coefficient (Wildman–Crippen LogP) is 0.936. The normalized spacial score (nSPS) is 22.8. The third-order valence-electron chi connectivity index (χ3n) is 3.18. The van der Waals surface area contributed by atoms with E-state index < -0.39 is 10.4 Å². The van der Waals surface area contributed by atoms with Crippen molar-refractivity contribution in [3.05, 3.63) is 0 Å². The Hall–Kier alpha value is -0.700. The van der Waals surface area contributed by atoms with E-state index in [-0.39, 0.29) is 5.91 Å². The largest absolute Gasteiger partial charge is 0.376 e. The summed E-state index contributed by atoms with van der Waals surface area (Å²) in [6.45, 7) is 6.98. The van der Waals surface area contributed by atoms with E-state index in [1.807, 2.05) is 19.2 Å². The molecule has 2 fully saturated rings. The summed E-state index contributed by atoms with van der Waals surface area (Å²) in [5.74, 6) is -0.375. The van der Waals surface area contributed by atoms with E-state index in [0.29, 0.717) is 25.0 Å². The summed E-state index contributed by atoms with van der Waals surface area (Å²) in [6, 6.07) is -0.814. The van der Waals surface area contributed by atoms with Crippen molar-refractivity contribution in [2.24, 2.45) is 5.73 Å². The lowest BCUT2D eigenvalue weighted by Crippen LogP contribution is -2.46. The van der Waals surface area contributed by atoms with E-state index >= 15 is 0 Å². The van der Waals surface area contributed by atoms with E-state index in [4.69, 9.17) is 19.9 Å². The number of amides is 3. The first-order chi connectivity index (χ1) is 9.91. The number of halogens is 1. The monoisotopic (exact) mass is 366 g/mol. The molecule has 122 valence electrons. The number of hydrogen-bond acceptors (Lipinski definition) is 5. The second-order valence-corrected chi connectivity index (χ2v) is 6.46.